The molecular weight excluding hydrogens is 358 g/mol. The van der Waals surface area contributed by atoms with Crippen LogP contribution in [0.4, 0.5) is 0 Å². The number of aliphatic hydroxyl groups is 1. The lowest BCUT2D eigenvalue weighted by Gasteiger charge is -2.17. The Morgan fingerprint density at radius 3 is 2.48 bits per heavy atom. The molecule has 0 saturated heterocycles. The largest absolute Gasteiger partial charge is 0.493 e. The lowest BCUT2D eigenvalue weighted by molar-refractivity contribution is 0.175. The van der Waals surface area contributed by atoms with E-state index in [1.807, 2.05) is 42.7 Å². The highest BCUT2D eigenvalue weighted by atomic mass is 32.2. The molecule has 1 atom stereocenters. The predicted octanol–water partition coefficient (Wildman–Crippen LogP) is 4.02. The molecule has 0 radical (unpaired) electrons. The quantitative estimate of drug-likeness (QED) is 0.346. The maximum absolute atomic E-state index is 10.4. The average molecular weight is 388 g/mol. The van der Waals surface area contributed by atoms with E-state index in [0.717, 1.165) is 42.0 Å². The number of rotatable bonds is 11. The second kappa shape index (κ2) is 11.0. The van der Waals surface area contributed by atoms with Crippen molar-refractivity contribution in [1.29, 1.82) is 0 Å². The van der Waals surface area contributed by atoms with E-state index in [0.29, 0.717) is 6.54 Å². The summed E-state index contributed by atoms with van der Waals surface area (Å²) in [5.74, 6) is 1.50. The summed E-state index contributed by atoms with van der Waals surface area (Å²) in [5.41, 5.74) is 3.22. The minimum absolute atomic E-state index is 0.515. The number of nitrogens with one attached hydrogen (secondary N) is 1. The summed E-state index contributed by atoms with van der Waals surface area (Å²) in [5, 5.41) is 13.7. The number of thioether (sulfide) groups is 1. The Hall–Kier alpha value is -1.95. The Labute approximate surface area is 166 Å². The van der Waals surface area contributed by atoms with Crippen molar-refractivity contribution in [3.63, 3.8) is 0 Å². The van der Waals surface area contributed by atoms with Crippen LogP contribution in [0.5, 0.6) is 11.5 Å². The fraction of sp³-hybridized carbons (Fsp3) is 0.364. The van der Waals surface area contributed by atoms with Crippen LogP contribution in [0, 0.1) is 0 Å². The zero-order valence-corrected chi connectivity index (χ0v) is 17.1. The SMILES string of the molecule is C=CCc1c(CCNCC(O)c2ccc(SC)cc2)ccc(OC)c1OC. The average Bonchev–Trinajstić information content (AvgIpc) is 2.71. The Morgan fingerprint density at radius 2 is 1.89 bits per heavy atom. The molecule has 2 N–H and O–H groups in total. The van der Waals surface area contributed by atoms with E-state index in [1.165, 1.54) is 10.5 Å². The standard InChI is InChI=1S/C22H29NO3S/c1-5-6-19-16(9-12-21(25-2)22(19)26-3)13-14-23-15-20(24)17-7-10-18(27-4)11-8-17/h5,7-12,20,23-24H,1,6,13-15H2,2-4H3. The van der Waals surface area contributed by atoms with Gasteiger partial charge < -0.3 is 19.9 Å². The Kier molecular flexibility index (Phi) is 8.72. The maximum atomic E-state index is 10.4. The van der Waals surface area contributed by atoms with Gasteiger partial charge in [0.15, 0.2) is 11.5 Å². The summed E-state index contributed by atoms with van der Waals surface area (Å²) in [7, 11) is 3.30. The predicted molar refractivity (Wildman–Crippen MR) is 113 cm³/mol. The summed E-state index contributed by atoms with van der Waals surface area (Å²) < 4.78 is 10.9. The lowest BCUT2D eigenvalue weighted by Crippen LogP contribution is -2.24. The van der Waals surface area contributed by atoms with Gasteiger partial charge in [0.25, 0.3) is 0 Å². The molecular formula is C22H29NO3S. The number of methoxy groups -OCH3 is 2. The third-order valence-electron chi connectivity index (χ3n) is 4.50. The Morgan fingerprint density at radius 1 is 1.15 bits per heavy atom. The number of allylic oxidation sites excluding steroid dienone is 1. The number of benzene rings is 2. The van der Waals surface area contributed by atoms with Gasteiger partial charge >= 0.3 is 0 Å². The molecule has 2 rings (SSSR count). The van der Waals surface area contributed by atoms with Gasteiger partial charge in [0.1, 0.15) is 0 Å². The number of hydrogen-bond acceptors (Lipinski definition) is 5. The van der Waals surface area contributed by atoms with E-state index in [-0.39, 0.29) is 0 Å². The van der Waals surface area contributed by atoms with E-state index in [4.69, 9.17) is 9.47 Å². The monoisotopic (exact) mass is 387 g/mol. The molecule has 0 amide bonds. The van der Waals surface area contributed by atoms with Crippen LogP contribution in [0.2, 0.25) is 0 Å². The lowest BCUT2D eigenvalue weighted by atomic mass is 9.99. The molecule has 0 heterocycles. The Bertz CT molecular complexity index is 731. The van der Waals surface area contributed by atoms with Crippen LogP contribution in [0.25, 0.3) is 0 Å². The molecule has 2 aromatic carbocycles. The molecule has 0 spiro atoms. The van der Waals surface area contributed by atoms with Gasteiger partial charge in [0, 0.05) is 17.0 Å². The fourth-order valence-corrected chi connectivity index (χ4v) is 3.45. The zero-order valence-electron chi connectivity index (χ0n) is 16.3. The molecule has 0 aliphatic carbocycles. The van der Waals surface area contributed by atoms with Gasteiger partial charge in [-0.05, 0) is 55.0 Å². The van der Waals surface area contributed by atoms with Crippen LogP contribution in [0.1, 0.15) is 22.8 Å². The van der Waals surface area contributed by atoms with Crippen LogP contribution in [0.15, 0.2) is 53.9 Å². The summed E-state index contributed by atoms with van der Waals surface area (Å²) in [6.45, 7) is 5.13. The zero-order chi connectivity index (χ0) is 19.6. The maximum Gasteiger partial charge on any atom is 0.164 e. The van der Waals surface area contributed by atoms with Crippen molar-refractivity contribution in [2.75, 3.05) is 33.6 Å². The fourth-order valence-electron chi connectivity index (χ4n) is 3.04. The molecule has 2 aromatic rings. The minimum atomic E-state index is -0.515. The summed E-state index contributed by atoms with van der Waals surface area (Å²) in [6.07, 6.45) is 4.96. The van der Waals surface area contributed by atoms with Crippen molar-refractivity contribution in [3.05, 3.63) is 65.7 Å². The van der Waals surface area contributed by atoms with E-state index < -0.39 is 6.10 Å². The third-order valence-corrected chi connectivity index (χ3v) is 5.25. The molecule has 0 bridgehead atoms. The first-order chi connectivity index (χ1) is 13.1. The number of ether oxygens (including phenoxy) is 2. The van der Waals surface area contributed by atoms with Crippen LogP contribution in [0.3, 0.4) is 0 Å². The molecule has 0 aliphatic heterocycles. The number of hydrogen-bond donors (Lipinski definition) is 2. The second-order valence-corrected chi connectivity index (χ2v) is 7.05. The molecule has 146 valence electrons. The molecule has 0 saturated carbocycles. The van der Waals surface area contributed by atoms with E-state index in [2.05, 4.69) is 18.0 Å². The minimum Gasteiger partial charge on any atom is -0.493 e. The Balaban J connectivity index is 1.95. The molecule has 0 fully saturated rings. The van der Waals surface area contributed by atoms with Crippen LogP contribution in [-0.2, 0) is 12.8 Å². The van der Waals surface area contributed by atoms with Gasteiger partial charge in [-0.2, -0.15) is 0 Å². The van der Waals surface area contributed by atoms with Gasteiger partial charge in [-0.1, -0.05) is 24.3 Å². The van der Waals surface area contributed by atoms with Crippen molar-refractivity contribution in [2.24, 2.45) is 0 Å². The molecule has 1 unspecified atom stereocenters. The van der Waals surface area contributed by atoms with Crippen LogP contribution >= 0.6 is 11.8 Å². The highest BCUT2D eigenvalue weighted by molar-refractivity contribution is 7.98. The smallest absolute Gasteiger partial charge is 0.164 e. The van der Waals surface area contributed by atoms with Crippen molar-refractivity contribution in [2.45, 2.75) is 23.8 Å². The molecule has 4 nitrogen and oxygen atoms in total. The van der Waals surface area contributed by atoms with E-state index in [1.54, 1.807) is 26.0 Å². The van der Waals surface area contributed by atoms with Crippen molar-refractivity contribution in [1.82, 2.24) is 5.32 Å². The van der Waals surface area contributed by atoms with Crippen LogP contribution in [-0.4, -0.2) is 38.7 Å². The first-order valence-corrected chi connectivity index (χ1v) is 10.2. The third kappa shape index (κ3) is 5.76. The molecule has 5 heteroatoms. The van der Waals surface area contributed by atoms with Gasteiger partial charge in [-0.15, -0.1) is 18.3 Å². The summed E-state index contributed by atoms with van der Waals surface area (Å²) in [4.78, 5) is 1.20. The van der Waals surface area contributed by atoms with Gasteiger partial charge in [-0.3, -0.25) is 0 Å². The molecule has 0 aromatic heterocycles. The highest BCUT2D eigenvalue weighted by Gasteiger charge is 2.14. The molecule has 27 heavy (non-hydrogen) atoms. The number of aliphatic hydroxyl groups excluding tert-OH is 1. The van der Waals surface area contributed by atoms with Gasteiger partial charge in [-0.25, -0.2) is 0 Å². The summed E-state index contributed by atoms with van der Waals surface area (Å²) >= 11 is 1.70. The van der Waals surface area contributed by atoms with E-state index in [9.17, 15) is 5.11 Å². The second-order valence-electron chi connectivity index (χ2n) is 6.17. The van der Waals surface area contributed by atoms with Crippen molar-refractivity contribution in [3.8, 4) is 11.5 Å². The van der Waals surface area contributed by atoms with Crippen molar-refractivity contribution >= 4 is 11.8 Å². The van der Waals surface area contributed by atoms with Crippen LogP contribution < -0.4 is 14.8 Å². The van der Waals surface area contributed by atoms with Crippen molar-refractivity contribution < 1.29 is 14.6 Å². The van der Waals surface area contributed by atoms with Gasteiger partial charge in [0.05, 0.1) is 20.3 Å². The first kappa shape index (κ1) is 21.4. The summed E-state index contributed by atoms with van der Waals surface area (Å²) in [6, 6.07) is 12.0. The van der Waals surface area contributed by atoms with Gasteiger partial charge in [0.2, 0.25) is 0 Å². The molecule has 0 aliphatic rings. The first-order valence-electron chi connectivity index (χ1n) is 9.01. The topological polar surface area (TPSA) is 50.7 Å². The van der Waals surface area contributed by atoms with E-state index >= 15 is 0 Å². The normalized spacial score (nSPS) is 11.9. The highest BCUT2D eigenvalue weighted by Crippen LogP contribution is 2.34.